The van der Waals surface area contributed by atoms with Crippen LogP contribution < -0.4 is 4.90 Å². The summed E-state index contributed by atoms with van der Waals surface area (Å²) in [6, 6.07) is 5.39. The summed E-state index contributed by atoms with van der Waals surface area (Å²) in [5.74, 6) is 0.323. The number of hydrogen-bond acceptors (Lipinski definition) is 8. The molecule has 2 fully saturated rings. The van der Waals surface area contributed by atoms with Crippen molar-refractivity contribution < 1.29 is 18.4 Å². The van der Waals surface area contributed by atoms with Gasteiger partial charge >= 0.3 is 0 Å². The lowest BCUT2D eigenvalue weighted by Gasteiger charge is -2.36. The highest BCUT2D eigenvalue weighted by molar-refractivity contribution is 6.74. The van der Waals surface area contributed by atoms with Crippen LogP contribution in [0.2, 0.25) is 18.1 Å². The van der Waals surface area contributed by atoms with E-state index in [4.69, 9.17) is 14.0 Å². The van der Waals surface area contributed by atoms with Crippen molar-refractivity contribution >= 4 is 20.0 Å². The lowest BCUT2D eigenvalue weighted by Crippen LogP contribution is -2.48. The summed E-state index contributed by atoms with van der Waals surface area (Å²) in [6.07, 6.45) is 3.35. The SMILES string of the molecule is CC(C)(C)[Si](C)(C)OCc1cccc(-c2cnc(N3CC(=NOCCN4CCOCC4)C3)nc2)c1F. The number of aromatic nitrogens is 2. The number of hydrogen-bond donors (Lipinski definition) is 0. The average Bonchev–Trinajstić information content (AvgIpc) is 2.82. The Morgan fingerprint density at radius 1 is 1.11 bits per heavy atom. The number of halogens is 1. The van der Waals surface area contributed by atoms with Crippen molar-refractivity contribution in [3.8, 4) is 11.1 Å². The maximum absolute atomic E-state index is 15.3. The number of morpholine rings is 1. The third kappa shape index (κ3) is 6.47. The summed E-state index contributed by atoms with van der Waals surface area (Å²) in [7, 11) is -1.97. The fourth-order valence-corrected chi connectivity index (χ4v) is 4.69. The number of rotatable bonds is 9. The molecule has 1 aromatic carbocycles. The second-order valence-corrected chi connectivity index (χ2v) is 15.7. The number of ether oxygens (including phenoxy) is 1. The van der Waals surface area contributed by atoms with Crippen LogP contribution in [0.3, 0.4) is 0 Å². The van der Waals surface area contributed by atoms with Crippen molar-refractivity contribution in [2.24, 2.45) is 5.16 Å². The number of oxime groups is 1. The first-order valence-corrected chi connectivity index (χ1v) is 15.5. The van der Waals surface area contributed by atoms with Gasteiger partial charge in [0.15, 0.2) is 8.32 Å². The quantitative estimate of drug-likeness (QED) is 0.280. The van der Waals surface area contributed by atoms with E-state index in [9.17, 15) is 0 Å². The molecule has 1 aromatic heterocycles. The van der Waals surface area contributed by atoms with Crippen LogP contribution in [0.5, 0.6) is 0 Å². The molecule has 0 amide bonds. The monoisotopic (exact) mass is 515 g/mol. The topological polar surface area (TPSA) is 72.3 Å². The Kier molecular flexibility index (Phi) is 8.39. The van der Waals surface area contributed by atoms with E-state index in [2.05, 4.69) is 53.9 Å². The summed E-state index contributed by atoms with van der Waals surface area (Å²) >= 11 is 0. The van der Waals surface area contributed by atoms with E-state index in [1.807, 2.05) is 11.0 Å². The lowest BCUT2D eigenvalue weighted by molar-refractivity contribution is 0.0210. The molecular weight excluding hydrogens is 477 g/mol. The molecule has 36 heavy (non-hydrogen) atoms. The first-order chi connectivity index (χ1) is 17.1. The van der Waals surface area contributed by atoms with Crippen molar-refractivity contribution in [1.29, 1.82) is 0 Å². The first kappa shape index (κ1) is 26.7. The minimum Gasteiger partial charge on any atom is -0.412 e. The molecule has 0 unspecified atom stereocenters. The van der Waals surface area contributed by atoms with Gasteiger partial charge in [-0.15, -0.1) is 0 Å². The molecule has 0 atom stereocenters. The van der Waals surface area contributed by atoms with Gasteiger partial charge in [0, 0.05) is 48.7 Å². The van der Waals surface area contributed by atoms with E-state index in [0.29, 0.717) is 42.3 Å². The van der Waals surface area contributed by atoms with Crippen LogP contribution in [0.4, 0.5) is 10.3 Å². The van der Waals surface area contributed by atoms with Gasteiger partial charge in [-0.1, -0.05) is 44.1 Å². The highest BCUT2D eigenvalue weighted by Gasteiger charge is 2.37. The van der Waals surface area contributed by atoms with Crippen LogP contribution in [-0.2, 0) is 20.6 Å². The van der Waals surface area contributed by atoms with Crippen LogP contribution in [-0.4, -0.2) is 81.4 Å². The summed E-state index contributed by atoms with van der Waals surface area (Å²) in [6.45, 7) is 17.3. The molecule has 0 saturated carbocycles. The molecule has 0 aliphatic carbocycles. The maximum Gasteiger partial charge on any atom is 0.225 e. The molecule has 10 heteroatoms. The summed E-state index contributed by atoms with van der Waals surface area (Å²) < 4.78 is 26.9. The molecule has 0 radical (unpaired) electrons. The fourth-order valence-electron chi connectivity index (χ4n) is 3.74. The van der Waals surface area contributed by atoms with Crippen molar-refractivity contribution in [2.45, 2.75) is 45.5 Å². The van der Waals surface area contributed by atoms with Gasteiger partial charge in [0.25, 0.3) is 0 Å². The van der Waals surface area contributed by atoms with Gasteiger partial charge in [0.2, 0.25) is 5.95 Å². The third-order valence-electron chi connectivity index (χ3n) is 7.25. The third-order valence-corrected chi connectivity index (χ3v) is 11.7. The van der Waals surface area contributed by atoms with Crippen LogP contribution >= 0.6 is 0 Å². The molecule has 8 nitrogen and oxygen atoms in total. The fraction of sp³-hybridized carbons (Fsp3) is 0.577. The van der Waals surface area contributed by atoms with Gasteiger partial charge in [-0.25, -0.2) is 14.4 Å². The van der Waals surface area contributed by atoms with E-state index in [-0.39, 0.29) is 17.5 Å². The van der Waals surface area contributed by atoms with Crippen molar-refractivity contribution in [3.63, 3.8) is 0 Å². The molecule has 2 saturated heterocycles. The Labute approximate surface area is 214 Å². The average molecular weight is 516 g/mol. The first-order valence-electron chi connectivity index (χ1n) is 12.6. The van der Waals surface area contributed by atoms with Gasteiger partial charge in [0.05, 0.1) is 38.6 Å². The minimum atomic E-state index is -1.97. The van der Waals surface area contributed by atoms with Crippen molar-refractivity contribution in [1.82, 2.24) is 14.9 Å². The van der Waals surface area contributed by atoms with E-state index in [1.165, 1.54) is 0 Å². The molecule has 2 aliphatic heterocycles. The normalized spacial score (nSPS) is 17.2. The van der Waals surface area contributed by atoms with Gasteiger partial charge in [-0.2, -0.15) is 0 Å². The Bertz CT molecular complexity index is 1040. The predicted octanol–water partition coefficient (Wildman–Crippen LogP) is 4.33. The molecular formula is C26H38FN5O3Si. The van der Waals surface area contributed by atoms with E-state index < -0.39 is 8.32 Å². The second kappa shape index (κ2) is 11.3. The van der Waals surface area contributed by atoms with Crippen molar-refractivity contribution in [2.75, 3.05) is 57.4 Å². The Balaban J connectivity index is 1.29. The molecule has 3 heterocycles. The van der Waals surface area contributed by atoms with Gasteiger partial charge in [-0.3, -0.25) is 4.90 Å². The van der Waals surface area contributed by atoms with E-state index in [0.717, 1.165) is 38.6 Å². The van der Waals surface area contributed by atoms with Gasteiger partial charge in [-0.05, 0) is 18.1 Å². The summed E-state index contributed by atoms with van der Waals surface area (Å²) in [5, 5.41) is 4.30. The standard InChI is InChI=1S/C26H38FN5O3Si/c1-26(2,3)36(4,5)35-19-20-7-6-8-23(24(20)27)21-15-28-25(29-16-21)32-17-22(18-32)30-34-14-11-31-9-12-33-13-10-31/h6-8,15-16H,9-14,17-19H2,1-5H3. The highest BCUT2D eigenvalue weighted by Crippen LogP contribution is 2.37. The van der Waals surface area contributed by atoms with Gasteiger partial charge in [0.1, 0.15) is 12.4 Å². The minimum absolute atomic E-state index is 0.0707. The Morgan fingerprint density at radius 2 is 1.81 bits per heavy atom. The summed E-state index contributed by atoms with van der Waals surface area (Å²) in [5.41, 5.74) is 2.65. The van der Waals surface area contributed by atoms with Crippen molar-refractivity contribution in [3.05, 3.63) is 42.0 Å². The predicted molar refractivity (Wildman–Crippen MR) is 142 cm³/mol. The van der Waals surface area contributed by atoms with Gasteiger partial charge < -0.3 is 18.9 Å². The zero-order valence-electron chi connectivity index (χ0n) is 22.1. The van der Waals surface area contributed by atoms with E-state index in [1.54, 1.807) is 24.5 Å². The smallest absolute Gasteiger partial charge is 0.225 e. The lowest BCUT2D eigenvalue weighted by atomic mass is 10.1. The zero-order valence-corrected chi connectivity index (χ0v) is 23.1. The molecule has 0 bridgehead atoms. The Hall–Kier alpha value is -2.40. The number of anilines is 1. The molecule has 196 valence electrons. The molecule has 2 aliphatic rings. The highest BCUT2D eigenvalue weighted by atomic mass is 28.4. The molecule has 0 spiro atoms. The number of nitrogens with zero attached hydrogens (tertiary/aromatic N) is 5. The number of benzene rings is 1. The molecule has 2 aromatic rings. The maximum atomic E-state index is 15.3. The largest absolute Gasteiger partial charge is 0.412 e. The van der Waals surface area contributed by atoms with E-state index >= 15 is 4.39 Å². The molecule has 4 rings (SSSR count). The van der Waals surface area contributed by atoms with Crippen LogP contribution in [0.25, 0.3) is 11.1 Å². The van der Waals surface area contributed by atoms with Crippen LogP contribution in [0.1, 0.15) is 26.3 Å². The Morgan fingerprint density at radius 3 is 2.47 bits per heavy atom. The second-order valence-electron chi connectivity index (χ2n) is 10.9. The van der Waals surface area contributed by atoms with Crippen LogP contribution in [0, 0.1) is 5.82 Å². The summed E-state index contributed by atoms with van der Waals surface area (Å²) in [4.78, 5) is 18.7. The zero-order chi connectivity index (χ0) is 25.8. The molecule has 0 N–H and O–H groups in total. The van der Waals surface area contributed by atoms with Crippen LogP contribution in [0.15, 0.2) is 35.7 Å².